The number of hydrogen-bond acceptors (Lipinski definition) is 0. The molecule has 1 atom stereocenters. The van der Waals surface area contributed by atoms with Crippen molar-refractivity contribution in [2.45, 2.75) is 12.2 Å². The summed E-state index contributed by atoms with van der Waals surface area (Å²) in [5.41, 5.74) is 3.45. The highest BCUT2D eigenvalue weighted by Crippen LogP contribution is 2.34. The van der Waals surface area contributed by atoms with Crippen LogP contribution in [0.1, 0.15) is 11.1 Å². The molecule has 3 aromatic rings. The maximum atomic E-state index is 6.00. The molecule has 0 fully saturated rings. The topological polar surface area (TPSA) is 0 Å². The number of benzene rings is 3. The van der Waals surface area contributed by atoms with E-state index in [1.165, 1.54) is 32.7 Å². The van der Waals surface area contributed by atoms with Crippen molar-refractivity contribution in [3.63, 3.8) is 0 Å². The van der Waals surface area contributed by atoms with Gasteiger partial charge in [-0.25, -0.2) is 0 Å². The molecule has 20 heavy (non-hydrogen) atoms. The van der Waals surface area contributed by atoms with E-state index in [9.17, 15) is 0 Å². The summed E-state index contributed by atoms with van der Waals surface area (Å²) in [4.78, 5) is 0. The van der Waals surface area contributed by atoms with Crippen LogP contribution in [0.25, 0.3) is 27.6 Å². The average molecular weight is 250 g/mol. The minimum atomic E-state index is 0.139. The van der Waals surface area contributed by atoms with E-state index in [1.54, 1.807) is 0 Å². The molecule has 1 unspecified atom stereocenters. The van der Waals surface area contributed by atoms with Crippen LogP contribution in [-0.2, 0) is 6.42 Å². The Morgan fingerprint density at radius 3 is 2.60 bits per heavy atom. The number of rotatable bonds is 0. The van der Waals surface area contributed by atoms with Gasteiger partial charge in [-0.15, -0.1) is 0 Å². The lowest BCUT2D eigenvalue weighted by Crippen LogP contribution is -2.03. The molecule has 90 valence electrons. The van der Waals surface area contributed by atoms with Crippen LogP contribution in [0.4, 0.5) is 0 Å². The van der Waals surface area contributed by atoms with E-state index in [-0.39, 0.29) is 5.82 Å². The molecule has 2 heteroatoms. The van der Waals surface area contributed by atoms with Crippen LogP contribution in [0.2, 0.25) is 5.82 Å². The number of fused-ring (bicyclic) bond motifs is 5. The average Bonchev–Trinajstić information content (AvgIpc) is 2.45. The van der Waals surface area contributed by atoms with Crippen molar-refractivity contribution in [2.24, 2.45) is 0 Å². The lowest BCUT2D eigenvalue weighted by Gasteiger charge is -2.18. The fourth-order valence-corrected chi connectivity index (χ4v) is 3.15. The largest absolute Gasteiger partial charge is 0.113 e. The Balaban J connectivity index is 2.10. The van der Waals surface area contributed by atoms with Crippen LogP contribution in [0.3, 0.4) is 0 Å². The maximum absolute atomic E-state index is 6.00. The van der Waals surface area contributed by atoms with E-state index in [2.05, 4.69) is 42.5 Å². The minimum absolute atomic E-state index is 0.139. The van der Waals surface area contributed by atoms with E-state index in [4.69, 9.17) is 15.7 Å². The van der Waals surface area contributed by atoms with Gasteiger partial charge in [-0.1, -0.05) is 65.9 Å². The summed E-state index contributed by atoms with van der Waals surface area (Å²) in [6, 6.07) is 14.9. The molecular formula is C18H12B2. The molecule has 0 bridgehead atoms. The Labute approximate surface area is 121 Å². The Bertz CT molecular complexity index is 862. The molecule has 0 heterocycles. The van der Waals surface area contributed by atoms with Crippen molar-refractivity contribution < 1.29 is 0 Å². The van der Waals surface area contributed by atoms with E-state index in [0.717, 1.165) is 11.9 Å². The molecule has 0 aliphatic heterocycles. The Morgan fingerprint density at radius 1 is 0.900 bits per heavy atom. The van der Waals surface area contributed by atoms with Gasteiger partial charge < -0.3 is 0 Å². The van der Waals surface area contributed by atoms with Gasteiger partial charge >= 0.3 is 0 Å². The highest BCUT2D eigenvalue weighted by atomic mass is 14.2. The second-order valence-corrected chi connectivity index (χ2v) is 5.51. The van der Waals surface area contributed by atoms with Gasteiger partial charge in [-0.2, -0.15) is 0 Å². The summed E-state index contributed by atoms with van der Waals surface area (Å²) >= 11 is 0. The first-order valence-corrected chi connectivity index (χ1v) is 6.90. The van der Waals surface area contributed by atoms with Crippen LogP contribution in [-0.4, -0.2) is 15.7 Å². The third-order valence-corrected chi connectivity index (χ3v) is 4.14. The van der Waals surface area contributed by atoms with Crippen molar-refractivity contribution in [1.82, 2.24) is 0 Å². The molecule has 0 N–H and O–H groups in total. The normalized spacial score (nSPS) is 17.5. The Kier molecular flexibility index (Phi) is 2.53. The quantitative estimate of drug-likeness (QED) is 0.424. The molecule has 0 aromatic heterocycles. The second-order valence-electron chi connectivity index (χ2n) is 5.51. The fourth-order valence-electron chi connectivity index (χ4n) is 3.15. The van der Waals surface area contributed by atoms with Gasteiger partial charge in [0.15, 0.2) is 0 Å². The zero-order valence-electron chi connectivity index (χ0n) is 11.1. The van der Waals surface area contributed by atoms with E-state index < -0.39 is 0 Å². The second kappa shape index (κ2) is 4.28. The standard InChI is InChI=1S/C18H12B2/c19-13-3-7-15-11(9-13)1-5-17-16-8-4-14(20)10-12(16)2-6-18(15)17/h1-9,14H,10H2. The van der Waals surface area contributed by atoms with Crippen molar-refractivity contribution >= 4 is 48.8 Å². The molecule has 1 aliphatic carbocycles. The SMILES string of the molecule is [B]c1ccc2c(ccc3c4c(ccc32)CC([B])C=C4)c1. The molecule has 4 radical (unpaired) electrons. The molecule has 0 amide bonds. The Hall–Kier alpha value is -1.95. The molecule has 1 aliphatic rings. The van der Waals surface area contributed by atoms with Crippen LogP contribution in [0.5, 0.6) is 0 Å². The highest BCUT2D eigenvalue weighted by Gasteiger charge is 2.13. The van der Waals surface area contributed by atoms with Crippen LogP contribution in [0, 0.1) is 0 Å². The predicted molar refractivity (Wildman–Crippen MR) is 89.1 cm³/mol. The first-order chi connectivity index (χ1) is 9.72. The van der Waals surface area contributed by atoms with Crippen molar-refractivity contribution in [3.8, 4) is 0 Å². The fraction of sp³-hybridized carbons (Fsp3) is 0.111. The number of hydrogen-bond donors (Lipinski definition) is 0. The predicted octanol–water partition coefficient (Wildman–Crippen LogP) is 3.31. The zero-order chi connectivity index (χ0) is 13.7. The summed E-state index contributed by atoms with van der Waals surface area (Å²) in [5.74, 6) is 0.139. The number of allylic oxidation sites excluding steroid dienone is 1. The van der Waals surface area contributed by atoms with Crippen LogP contribution >= 0.6 is 0 Å². The molecule has 4 rings (SSSR count). The lowest BCUT2D eigenvalue weighted by atomic mass is 9.76. The van der Waals surface area contributed by atoms with Gasteiger partial charge in [0.05, 0.1) is 7.85 Å². The maximum Gasteiger partial charge on any atom is 0.113 e. The third kappa shape index (κ3) is 1.71. The first kappa shape index (κ1) is 11.8. The smallest absolute Gasteiger partial charge is 0.0960 e. The molecule has 0 saturated heterocycles. The summed E-state index contributed by atoms with van der Waals surface area (Å²) in [6.07, 6.45) is 5.17. The molecule has 0 saturated carbocycles. The van der Waals surface area contributed by atoms with Crippen molar-refractivity contribution in [1.29, 1.82) is 0 Å². The van der Waals surface area contributed by atoms with Crippen LogP contribution < -0.4 is 5.46 Å². The highest BCUT2D eigenvalue weighted by molar-refractivity contribution is 6.33. The van der Waals surface area contributed by atoms with Crippen molar-refractivity contribution in [2.75, 3.05) is 0 Å². The van der Waals surface area contributed by atoms with Gasteiger partial charge in [0, 0.05) is 0 Å². The van der Waals surface area contributed by atoms with Gasteiger partial charge in [0.1, 0.15) is 7.85 Å². The third-order valence-electron chi connectivity index (χ3n) is 4.14. The van der Waals surface area contributed by atoms with Gasteiger partial charge in [-0.3, -0.25) is 0 Å². The Morgan fingerprint density at radius 2 is 1.70 bits per heavy atom. The van der Waals surface area contributed by atoms with Gasteiger partial charge in [0.2, 0.25) is 0 Å². The van der Waals surface area contributed by atoms with E-state index >= 15 is 0 Å². The molecule has 0 spiro atoms. The first-order valence-electron chi connectivity index (χ1n) is 6.90. The zero-order valence-corrected chi connectivity index (χ0v) is 11.1. The summed E-state index contributed by atoms with van der Waals surface area (Å²) < 4.78 is 0. The van der Waals surface area contributed by atoms with E-state index in [0.29, 0.717) is 0 Å². The molecule has 3 aromatic carbocycles. The lowest BCUT2D eigenvalue weighted by molar-refractivity contribution is 0.983. The summed E-state index contributed by atoms with van der Waals surface area (Å²) in [6.45, 7) is 0. The van der Waals surface area contributed by atoms with Crippen LogP contribution in [0.15, 0.2) is 48.5 Å². The van der Waals surface area contributed by atoms with Gasteiger partial charge in [-0.05, 0) is 39.1 Å². The molecule has 0 nitrogen and oxygen atoms in total. The summed E-state index contributed by atoms with van der Waals surface area (Å²) in [7, 11) is 11.9. The monoisotopic (exact) mass is 250 g/mol. The summed E-state index contributed by atoms with van der Waals surface area (Å²) in [5, 5.41) is 5.01. The van der Waals surface area contributed by atoms with Gasteiger partial charge in [0.25, 0.3) is 0 Å². The minimum Gasteiger partial charge on any atom is -0.0960 e. The molecular weight excluding hydrogens is 238 g/mol. The van der Waals surface area contributed by atoms with E-state index in [1.807, 2.05) is 12.1 Å². The van der Waals surface area contributed by atoms with Crippen molar-refractivity contribution in [3.05, 3.63) is 59.7 Å².